The number of nitrogens with one attached hydrogen (secondary N) is 2. The lowest BCUT2D eigenvalue weighted by molar-refractivity contribution is 0.291. The van der Waals surface area contributed by atoms with E-state index in [9.17, 15) is 0 Å². The van der Waals surface area contributed by atoms with Gasteiger partial charge in [-0.05, 0) is 37.1 Å². The van der Waals surface area contributed by atoms with E-state index < -0.39 is 0 Å². The van der Waals surface area contributed by atoms with E-state index in [1.165, 1.54) is 18.4 Å². The summed E-state index contributed by atoms with van der Waals surface area (Å²) in [7, 11) is 0. The van der Waals surface area contributed by atoms with Crippen LogP contribution in [-0.2, 0) is 5.41 Å². The Labute approximate surface area is 125 Å². The fourth-order valence-corrected chi connectivity index (χ4v) is 2.99. The van der Waals surface area contributed by atoms with Gasteiger partial charge in [-0.1, -0.05) is 43.1 Å². The quantitative estimate of drug-likeness (QED) is 0.887. The minimum absolute atomic E-state index is 0.122. The van der Waals surface area contributed by atoms with Gasteiger partial charge in [-0.15, -0.1) is 0 Å². The van der Waals surface area contributed by atoms with Crippen molar-refractivity contribution in [2.24, 2.45) is 0 Å². The van der Waals surface area contributed by atoms with Gasteiger partial charge in [0.25, 0.3) is 0 Å². The van der Waals surface area contributed by atoms with Gasteiger partial charge < -0.3 is 10.6 Å². The largest absolute Gasteiger partial charge is 0.316 e. The Balaban J connectivity index is 2.27. The molecule has 0 amide bonds. The summed E-state index contributed by atoms with van der Waals surface area (Å²) in [6.07, 6.45) is 2.37. The molecular weight excluding hydrogens is 279 g/mol. The number of rotatable bonds is 4. The summed E-state index contributed by atoms with van der Waals surface area (Å²) in [5, 5.41) is 8.36. The Morgan fingerprint density at radius 2 is 2.11 bits per heavy atom. The molecule has 1 aliphatic heterocycles. The number of benzene rings is 1. The second kappa shape index (κ2) is 6.45. The molecule has 2 rings (SSSR count). The lowest BCUT2D eigenvalue weighted by Gasteiger charge is -2.39. The molecular formula is C15H22Cl2N2. The number of hydrogen-bond acceptors (Lipinski definition) is 2. The first-order valence-electron chi connectivity index (χ1n) is 6.93. The van der Waals surface area contributed by atoms with Crippen LogP contribution in [0.2, 0.25) is 10.0 Å². The predicted octanol–water partition coefficient (Wildman–Crippen LogP) is 3.61. The highest BCUT2D eigenvalue weighted by atomic mass is 35.5. The second-order valence-electron chi connectivity index (χ2n) is 5.73. The molecule has 2 N–H and O–H groups in total. The third kappa shape index (κ3) is 3.63. The molecule has 4 heteroatoms. The van der Waals surface area contributed by atoms with E-state index in [0.29, 0.717) is 16.1 Å². The van der Waals surface area contributed by atoms with Gasteiger partial charge in [0.2, 0.25) is 0 Å². The summed E-state index contributed by atoms with van der Waals surface area (Å²) in [4.78, 5) is 0. The molecule has 1 atom stereocenters. The maximum absolute atomic E-state index is 6.18. The molecule has 1 aromatic rings. The standard InChI is InChI=1S/C15H22Cl2N2/c1-11(2)19-10-15(6-3-7-18-9-15)12-4-5-13(16)14(17)8-12/h4-5,8,11,18-19H,3,6-7,9-10H2,1-2H3/t15-/m0/s1. The van der Waals surface area contributed by atoms with Crippen molar-refractivity contribution in [2.75, 3.05) is 19.6 Å². The Hall–Kier alpha value is -0.280. The summed E-state index contributed by atoms with van der Waals surface area (Å²) in [5.74, 6) is 0. The van der Waals surface area contributed by atoms with Crippen LogP contribution in [0.1, 0.15) is 32.3 Å². The van der Waals surface area contributed by atoms with Gasteiger partial charge in [-0.2, -0.15) is 0 Å². The van der Waals surface area contributed by atoms with Crippen LogP contribution in [-0.4, -0.2) is 25.7 Å². The number of piperidine rings is 1. The van der Waals surface area contributed by atoms with Gasteiger partial charge in [0.1, 0.15) is 0 Å². The maximum atomic E-state index is 6.18. The van der Waals surface area contributed by atoms with E-state index in [-0.39, 0.29) is 5.41 Å². The molecule has 1 fully saturated rings. The van der Waals surface area contributed by atoms with Crippen LogP contribution in [0.3, 0.4) is 0 Å². The first-order chi connectivity index (χ1) is 9.03. The van der Waals surface area contributed by atoms with Crippen LogP contribution in [0.15, 0.2) is 18.2 Å². The lowest BCUT2D eigenvalue weighted by Crippen LogP contribution is -2.50. The van der Waals surface area contributed by atoms with Crippen molar-refractivity contribution in [3.8, 4) is 0 Å². The van der Waals surface area contributed by atoms with Crippen molar-refractivity contribution >= 4 is 23.2 Å². The van der Waals surface area contributed by atoms with Crippen molar-refractivity contribution in [1.29, 1.82) is 0 Å². The van der Waals surface area contributed by atoms with Gasteiger partial charge >= 0.3 is 0 Å². The van der Waals surface area contributed by atoms with E-state index in [4.69, 9.17) is 23.2 Å². The average molecular weight is 301 g/mol. The summed E-state index contributed by atoms with van der Waals surface area (Å²) < 4.78 is 0. The zero-order chi connectivity index (χ0) is 13.9. The first kappa shape index (κ1) is 15.1. The summed E-state index contributed by atoms with van der Waals surface area (Å²) in [5.41, 5.74) is 1.40. The van der Waals surface area contributed by atoms with Gasteiger partial charge in [0, 0.05) is 24.5 Å². The van der Waals surface area contributed by atoms with Crippen LogP contribution >= 0.6 is 23.2 Å². The van der Waals surface area contributed by atoms with E-state index in [0.717, 1.165) is 19.6 Å². The van der Waals surface area contributed by atoms with Crippen LogP contribution in [0.4, 0.5) is 0 Å². The molecule has 0 spiro atoms. The third-order valence-electron chi connectivity index (χ3n) is 3.85. The third-order valence-corrected chi connectivity index (χ3v) is 4.59. The molecule has 106 valence electrons. The molecule has 1 heterocycles. The van der Waals surface area contributed by atoms with Crippen molar-refractivity contribution in [1.82, 2.24) is 10.6 Å². The van der Waals surface area contributed by atoms with E-state index in [1.54, 1.807) is 0 Å². The highest BCUT2D eigenvalue weighted by Crippen LogP contribution is 2.34. The van der Waals surface area contributed by atoms with E-state index in [2.05, 4.69) is 30.5 Å². The van der Waals surface area contributed by atoms with Crippen molar-refractivity contribution in [3.63, 3.8) is 0 Å². The molecule has 1 saturated heterocycles. The summed E-state index contributed by atoms with van der Waals surface area (Å²) in [6, 6.07) is 6.54. The van der Waals surface area contributed by atoms with Gasteiger partial charge in [-0.3, -0.25) is 0 Å². The van der Waals surface area contributed by atoms with Crippen molar-refractivity contribution in [2.45, 2.75) is 38.1 Å². The average Bonchev–Trinajstić information content (AvgIpc) is 2.40. The molecule has 0 saturated carbocycles. The zero-order valence-corrected chi connectivity index (χ0v) is 13.1. The van der Waals surface area contributed by atoms with Gasteiger partial charge in [0.05, 0.1) is 10.0 Å². The Morgan fingerprint density at radius 1 is 1.32 bits per heavy atom. The molecule has 0 aromatic heterocycles. The van der Waals surface area contributed by atoms with Crippen LogP contribution < -0.4 is 10.6 Å². The fourth-order valence-electron chi connectivity index (χ4n) is 2.69. The normalized spacial score (nSPS) is 23.8. The summed E-state index contributed by atoms with van der Waals surface area (Å²) in [6.45, 7) is 7.42. The zero-order valence-electron chi connectivity index (χ0n) is 11.6. The highest BCUT2D eigenvalue weighted by molar-refractivity contribution is 6.42. The lowest BCUT2D eigenvalue weighted by atomic mass is 9.74. The van der Waals surface area contributed by atoms with Crippen LogP contribution in [0.5, 0.6) is 0 Å². The number of halogens is 2. The molecule has 1 aliphatic rings. The van der Waals surface area contributed by atoms with Crippen molar-refractivity contribution in [3.05, 3.63) is 33.8 Å². The fraction of sp³-hybridized carbons (Fsp3) is 0.600. The van der Waals surface area contributed by atoms with Gasteiger partial charge in [-0.25, -0.2) is 0 Å². The smallest absolute Gasteiger partial charge is 0.0595 e. The molecule has 2 nitrogen and oxygen atoms in total. The SMILES string of the molecule is CC(C)NC[C@]1(c2ccc(Cl)c(Cl)c2)CCCNC1. The Morgan fingerprint density at radius 3 is 2.68 bits per heavy atom. The molecule has 19 heavy (non-hydrogen) atoms. The van der Waals surface area contributed by atoms with Gasteiger partial charge in [0.15, 0.2) is 0 Å². The maximum Gasteiger partial charge on any atom is 0.0595 e. The summed E-state index contributed by atoms with van der Waals surface area (Å²) >= 11 is 12.2. The van der Waals surface area contributed by atoms with Crippen LogP contribution in [0, 0.1) is 0 Å². The van der Waals surface area contributed by atoms with E-state index in [1.807, 2.05) is 12.1 Å². The Kier molecular flexibility index (Phi) is 5.13. The monoisotopic (exact) mass is 300 g/mol. The minimum Gasteiger partial charge on any atom is -0.316 e. The molecule has 0 unspecified atom stereocenters. The minimum atomic E-state index is 0.122. The molecule has 0 radical (unpaired) electrons. The Bertz CT molecular complexity index is 426. The highest BCUT2D eigenvalue weighted by Gasteiger charge is 2.34. The van der Waals surface area contributed by atoms with Crippen molar-refractivity contribution < 1.29 is 0 Å². The topological polar surface area (TPSA) is 24.1 Å². The molecule has 0 aliphatic carbocycles. The predicted molar refractivity (Wildman–Crippen MR) is 83.4 cm³/mol. The molecule has 1 aromatic carbocycles. The second-order valence-corrected chi connectivity index (χ2v) is 6.54. The van der Waals surface area contributed by atoms with E-state index >= 15 is 0 Å². The first-order valence-corrected chi connectivity index (χ1v) is 7.69. The number of hydrogen-bond donors (Lipinski definition) is 2. The molecule has 0 bridgehead atoms. The van der Waals surface area contributed by atoms with Crippen LogP contribution in [0.25, 0.3) is 0 Å².